The van der Waals surface area contributed by atoms with Crippen LogP contribution < -0.4 is 14.8 Å². The van der Waals surface area contributed by atoms with Crippen molar-refractivity contribution in [3.05, 3.63) is 91.8 Å². The van der Waals surface area contributed by atoms with Gasteiger partial charge in [0.05, 0.1) is 33.7 Å². The first-order valence-corrected chi connectivity index (χ1v) is 13.1. The zero-order valence-electron chi connectivity index (χ0n) is 19.9. The molecule has 10 heteroatoms. The highest BCUT2D eigenvalue weighted by atomic mass is 79.9. The summed E-state index contributed by atoms with van der Waals surface area (Å²) >= 11 is 10.4. The Morgan fingerprint density at radius 1 is 1.14 bits per heavy atom. The predicted octanol–water partition coefficient (Wildman–Crippen LogP) is 6.67. The Hall–Kier alpha value is -3.27. The van der Waals surface area contributed by atoms with Crippen molar-refractivity contribution in [3.8, 4) is 11.5 Å². The van der Waals surface area contributed by atoms with Gasteiger partial charge in [0.2, 0.25) is 0 Å². The second-order valence-electron chi connectivity index (χ2n) is 8.05. The average molecular weight is 602 g/mol. The molecular formula is C27H22BrClN2O5S. The number of thioether (sulfide) groups is 1. The number of imide groups is 1. The van der Waals surface area contributed by atoms with E-state index in [4.69, 9.17) is 21.1 Å². The summed E-state index contributed by atoms with van der Waals surface area (Å²) in [7, 11) is 1.47. The second kappa shape index (κ2) is 11.9. The summed E-state index contributed by atoms with van der Waals surface area (Å²) in [5.74, 6) is -0.0784. The smallest absolute Gasteiger partial charge is 0.293 e. The summed E-state index contributed by atoms with van der Waals surface area (Å²) in [6.07, 6.45) is 1.63. The number of hydrogen-bond donors (Lipinski definition) is 1. The second-order valence-corrected chi connectivity index (χ2v) is 10.3. The van der Waals surface area contributed by atoms with E-state index in [1.165, 1.54) is 12.0 Å². The van der Waals surface area contributed by atoms with E-state index in [1.807, 2.05) is 31.2 Å². The summed E-state index contributed by atoms with van der Waals surface area (Å²) < 4.78 is 11.7. The third kappa shape index (κ3) is 6.36. The molecule has 0 spiro atoms. The molecule has 1 N–H and O–H groups in total. The fraction of sp³-hybridized carbons (Fsp3) is 0.148. The van der Waals surface area contributed by atoms with Gasteiger partial charge in [-0.15, -0.1) is 0 Å². The Labute approximate surface area is 231 Å². The number of nitrogens with zero attached hydrogens (tertiary/aromatic N) is 1. The van der Waals surface area contributed by atoms with Gasteiger partial charge in [-0.3, -0.25) is 19.3 Å². The van der Waals surface area contributed by atoms with Crippen molar-refractivity contribution in [1.82, 2.24) is 4.90 Å². The summed E-state index contributed by atoms with van der Waals surface area (Å²) in [6.45, 7) is 1.88. The molecule has 1 aliphatic rings. The third-order valence-electron chi connectivity index (χ3n) is 5.51. The molecule has 0 bridgehead atoms. The molecular weight excluding hydrogens is 580 g/mol. The molecule has 0 aromatic heterocycles. The minimum absolute atomic E-state index is 0.213. The first kappa shape index (κ1) is 26.8. The summed E-state index contributed by atoms with van der Waals surface area (Å²) in [4.78, 5) is 39.5. The van der Waals surface area contributed by atoms with Gasteiger partial charge in [-0.2, -0.15) is 0 Å². The molecule has 1 heterocycles. The number of aryl methyl sites for hydroxylation is 1. The van der Waals surface area contributed by atoms with Gasteiger partial charge >= 0.3 is 0 Å². The van der Waals surface area contributed by atoms with Crippen LogP contribution >= 0.6 is 39.3 Å². The molecule has 0 saturated carbocycles. The number of benzene rings is 3. The van der Waals surface area contributed by atoms with Gasteiger partial charge in [0.1, 0.15) is 0 Å². The lowest BCUT2D eigenvalue weighted by atomic mass is 10.1. The molecule has 4 rings (SSSR count). The van der Waals surface area contributed by atoms with Crippen molar-refractivity contribution in [1.29, 1.82) is 0 Å². The molecule has 3 amide bonds. The van der Waals surface area contributed by atoms with Crippen LogP contribution in [0.15, 0.2) is 70.0 Å². The monoisotopic (exact) mass is 600 g/mol. The Kier molecular flexibility index (Phi) is 8.58. The first-order chi connectivity index (χ1) is 17.8. The number of carbonyl (C=O) groups excluding carboxylic acids is 3. The van der Waals surface area contributed by atoms with Crippen LogP contribution in [0.2, 0.25) is 5.02 Å². The standard InChI is InChI=1S/C27H22BrClN2O5S/c1-16-7-3-4-8-18(16)14-31-26(33)23(37-27(31)34)13-17-11-19(28)25(22(12-17)35-2)36-15-24(32)30-21-10-6-5-9-20(21)29/h3-13H,14-15H2,1-2H3,(H,30,32)/b23-13-. The summed E-state index contributed by atoms with van der Waals surface area (Å²) in [6, 6.07) is 17.9. The highest BCUT2D eigenvalue weighted by Gasteiger charge is 2.35. The average Bonchev–Trinajstić information content (AvgIpc) is 3.13. The Bertz CT molecular complexity index is 1410. The van der Waals surface area contributed by atoms with Crippen molar-refractivity contribution in [2.75, 3.05) is 19.0 Å². The number of para-hydroxylation sites is 1. The molecule has 7 nitrogen and oxygen atoms in total. The number of rotatable bonds is 8. The number of halogens is 2. The first-order valence-electron chi connectivity index (χ1n) is 11.1. The molecule has 1 aliphatic heterocycles. The van der Waals surface area contributed by atoms with Crippen LogP contribution in [0, 0.1) is 6.92 Å². The normalized spacial score (nSPS) is 14.3. The quantitative estimate of drug-likeness (QED) is 0.290. The van der Waals surface area contributed by atoms with E-state index in [0.29, 0.717) is 37.2 Å². The SMILES string of the molecule is COc1cc(/C=C2\SC(=O)N(Cc3ccccc3C)C2=O)cc(Br)c1OCC(=O)Nc1ccccc1Cl. The van der Waals surface area contributed by atoms with Crippen molar-refractivity contribution >= 4 is 68.1 Å². The fourth-order valence-corrected chi connectivity index (χ4v) is 5.19. The van der Waals surface area contributed by atoms with Gasteiger partial charge in [-0.05, 0) is 81.6 Å². The lowest BCUT2D eigenvalue weighted by molar-refractivity contribution is -0.123. The zero-order chi connectivity index (χ0) is 26.5. The summed E-state index contributed by atoms with van der Waals surface area (Å²) in [5, 5.41) is 2.79. The summed E-state index contributed by atoms with van der Waals surface area (Å²) in [5.41, 5.74) is 3.03. The molecule has 3 aromatic carbocycles. The molecule has 37 heavy (non-hydrogen) atoms. The molecule has 0 unspecified atom stereocenters. The Morgan fingerprint density at radius 2 is 1.86 bits per heavy atom. The number of amides is 3. The number of anilines is 1. The van der Waals surface area contributed by atoms with E-state index in [9.17, 15) is 14.4 Å². The maximum Gasteiger partial charge on any atom is 0.293 e. The fourth-order valence-electron chi connectivity index (χ4n) is 3.60. The molecule has 190 valence electrons. The lowest BCUT2D eigenvalue weighted by Crippen LogP contribution is -2.27. The van der Waals surface area contributed by atoms with Crippen LogP contribution in [-0.4, -0.2) is 35.7 Å². The van der Waals surface area contributed by atoms with Gasteiger partial charge in [0.15, 0.2) is 18.1 Å². The minimum atomic E-state index is -0.395. The maximum absolute atomic E-state index is 13.0. The largest absolute Gasteiger partial charge is 0.493 e. The maximum atomic E-state index is 13.0. The van der Waals surface area contributed by atoms with Gasteiger partial charge in [0.25, 0.3) is 17.1 Å². The van der Waals surface area contributed by atoms with Gasteiger partial charge in [0, 0.05) is 0 Å². The third-order valence-corrected chi connectivity index (χ3v) is 7.33. The van der Waals surface area contributed by atoms with E-state index in [-0.39, 0.29) is 24.3 Å². The number of ether oxygens (including phenoxy) is 2. The Morgan fingerprint density at radius 3 is 2.59 bits per heavy atom. The van der Waals surface area contributed by atoms with E-state index in [2.05, 4.69) is 21.2 Å². The van der Waals surface area contributed by atoms with Gasteiger partial charge < -0.3 is 14.8 Å². The van der Waals surface area contributed by atoms with Crippen LogP contribution in [0.3, 0.4) is 0 Å². The van der Waals surface area contributed by atoms with Crippen LogP contribution in [0.5, 0.6) is 11.5 Å². The van der Waals surface area contributed by atoms with Crippen LogP contribution in [-0.2, 0) is 16.1 Å². The molecule has 1 saturated heterocycles. The van der Waals surface area contributed by atoms with Gasteiger partial charge in [-0.1, -0.05) is 48.0 Å². The van der Waals surface area contributed by atoms with Crippen molar-refractivity contribution in [2.45, 2.75) is 13.5 Å². The predicted molar refractivity (Wildman–Crippen MR) is 149 cm³/mol. The molecule has 0 aliphatic carbocycles. The number of methoxy groups -OCH3 is 1. The zero-order valence-corrected chi connectivity index (χ0v) is 23.1. The number of nitrogens with one attached hydrogen (secondary N) is 1. The Balaban J connectivity index is 1.48. The van der Waals surface area contributed by atoms with Crippen LogP contribution in [0.1, 0.15) is 16.7 Å². The van der Waals surface area contributed by atoms with Crippen molar-refractivity contribution < 1.29 is 23.9 Å². The molecule has 0 radical (unpaired) electrons. The highest BCUT2D eigenvalue weighted by Crippen LogP contribution is 2.39. The van der Waals surface area contributed by atoms with Gasteiger partial charge in [-0.25, -0.2) is 0 Å². The molecule has 1 fully saturated rings. The van der Waals surface area contributed by atoms with E-state index < -0.39 is 5.91 Å². The lowest BCUT2D eigenvalue weighted by Gasteiger charge is -2.14. The van der Waals surface area contributed by atoms with E-state index in [1.54, 1.807) is 42.5 Å². The van der Waals surface area contributed by atoms with Crippen LogP contribution in [0.4, 0.5) is 10.5 Å². The highest BCUT2D eigenvalue weighted by molar-refractivity contribution is 9.10. The molecule has 3 aromatic rings. The van der Waals surface area contributed by atoms with E-state index >= 15 is 0 Å². The topological polar surface area (TPSA) is 84.9 Å². The minimum Gasteiger partial charge on any atom is -0.493 e. The number of hydrogen-bond acceptors (Lipinski definition) is 6. The van der Waals surface area contributed by atoms with Crippen molar-refractivity contribution in [2.24, 2.45) is 0 Å². The van der Waals surface area contributed by atoms with Crippen LogP contribution in [0.25, 0.3) is 6.08 Å². The van der Waals surface area contributed by atoms with Crippen molar-refractivity contribution in [3.63, 3.8) is 0 Å². The number of carbonyl (C=O) groups is 3. The molecule has 0 atom stereocenters. The van der Waals surface area contributed by atoms with E-state index in [0.717, 1.165) is 22.9 Å².